The van der Waals surface area contributed by atoms with Crippen molar-refractivity contribution >= 4 is 12.0 Å². The van der Waals surface area contributed by atoms with Crippen molar-refractivity contribution in [2.24, 2.45) is 0 Å². The summed E-state index contributed by atoms with van der Waals surface area (Å²) in [4.78, 5) is 14.7. The molecule has 0 aliphatic carbocycles. The number of ether oxygens (including phenoxy) is 2. The minimum atomic E-state index is 0.0341. The molecule has 4 heteroatoms. The molecule has 1 saturated heterocycles. The van der Waals surface area contributed by atoms with Gasteiger partial charge in [-0.3, -0.25) is 4.79 Å². The first-order valence-corrected chi connectivity index (χ1v) is 8.89. The first-order chi connectivity index (χ1) is 12.6. The average molecular weight is 351 g/mol. The quantitative estimate of drug-likeness (QED) is 0.750. The molecule has 0 spiro atoms. The van der Waals surface area contributed by atoms with Gasteiger partial charge in [-0.25, -0.2) is 0 Å². The first kappa shape index (κ1) is 18.1. The van der Waals surface area contributed by atoms with E-state index in [9.17, 15) is 4.79 Å². The molecule has 2 aromatic rings. The van der Waals surface area contributed by atoms with Crippen LogP contribution in [0.4, 0.5) is 0 Å². The highest BCUT2D eigenvalue weighted by atomic mass is 16.5. The molecule has 0 radical (unpaired) electrons. The van der Waals surface area contributed by atoms with Crippen LogP contribution < -0.4 is 9.47 Å². The molecule has 1 aliphatic heterocycles. The largest absolute Gasteiger partial charge is 0.497 e. The number of amides is 1. The van der Waals surface area contributed by atoms with E-state index >= 15 is 0 Å². The summed E-state index contributed by atoms with van der Waals surface area (Å²) in [6, 6.07) is 14.1. The van der Waals surface area contributed by atoms with Gasteiger partial charge >= 0.3 is 0 Å². The number of hydrogen-bond donors (Lipinski definition) is 0. The van der Waals surface area contributed by atoms with Crippen LogP contribution in [-0.4, -0.2) is 31.6 Å². The van der Waals surface area contributed by atoms with Crippen LogP contribution >= 0.6 is 0 Å². The molecule has 136 valence electrons. The summed E-state index contributed by atoms with van der Waals surface area (Å²) in [6.07, 6.45) is 5.50. The van der Waals surface area contributed by atoms with E-state index in [1.165, 1.54) is 0 Å². The molecule has 26 heavy (non-hydrogen) atoms. The monoisotopic (exact) mass is 351 g/mol. The molecule has 1 atom stereocenters. The zero-order valence-electron chi connectivity index (χ0n) is 15.6. The molecule has 3 rings (SSSR count). The van der Waals surface area contributed by atoms with E-state index in [4.69, 9.17) is 9.47 Å². The Morgan fingerprint density at radius 2 is 1.88 bits per heavy atom. The number of methoxy groups -OCH3 is 2. The van der Waals surface area contributed by atoms with E-state index in [1.54, 1.807) is 20.3 Å². The Kier molecular flexibility index (Phi) is 5.61. The number of carbonyl (C=O) groups excluding carboxylic acids is 1. The summed E-state index contributed by atoms with van der Waals surface area (Å²) in [5, 5.41) is 0. The van der Waals surface area contributed by atoms with Crippen molar-refractivity contribution in [2.75, 3.05) is 20.8 Å². The van der Waals surface area contributed by atoms with Gasteiger partial charge in [0.25, 0.3) is 0 Å². The highest BCUT2D eigenvalue weighted by Crippen LogP contribution is 2.33. The van der Waals surface area contributed by atoms with Gasteiger partial charge < -0.3 is 14.4 Å². The van der Waals surface area contributed by atoms with Crippen LogP contribution in [-0.2, 0) is 4.79 Å². The zero-order chi connectivity index (χ0) is 18.5. The Labute approximate surface area is 155 Å². The summed E-state index contributed by atoms with van der Waals surface area (Å²) in [5.41, 5.74) is 3.20. The van der Waals surface area contributed by atoms with Crippen molar-refractivity contribution in [1.82, 2.24) is 4.90 Å². The van der Waals surface area contributed by atoms with E-state index in [2.05, 4.69) is 0 Å². The van der Waals surface area contributed by atoms with Crippen molar-refractivity contribution in [1.29, 1.82) is 0 Å². The van der Waals surface area contributed by atoms with Crippen molar-refractivity contribution < 1.29 is 14.3 Å². The smallest absolute Gasteiger partial charge is 0.247 e. The molecule has 0 aromatic heterocycles. The minimum absolute atomic E-state index is 0.0341. The van der Waals surface area contributed by atoms with Crippen LogP contribution in [0.5, 0.6) is 11.5 Å². The maximum atomic E-state index is 12.8. The van der Waals surface area contributed by atoms with Gasteiger partial charge in [-0.1, -0.05) is 23.8 Å². The number of hydrogen-bond acceptors (Lipinski definition) is 3. The van der Waals surface area contributed by atoms with Crippen molar-refractivity contribution in [3.63, 3.8) is 0 Å². The lowest BCUT2D eigenvalue weighted by molar-refractivity contribution is -0.126. The Morgan fingerprint density at radius 1 is 1.12 bits per heavy atom. The Balaban J connectivity index is 1.77. The van der Waals surface area contributed by atoms with Gasteiger partial charge in [-0.05, 0) is 55.7 Å². The Morgan fingerprint density at radius 3 is 2.58 bits per heavy atom. The number of carbonyl (C=O) groups is 1. The van der Waals surface area contributed by atoms with Crippen LogP contribution in [0.3, 0.4) is 0 Å². The van der Waals surface area contributed by atoms with Gasteiger partial charge in [-0.15, -0.1) is 0 Å². The predicted octanol–water partition coefficient (Wildman–Crippen LogP) is 4.39. The number of nitrogens with zero attached hydrogens (tertiary/aromatic N) is 1. The SMILES string of the molecule is COc1ccc(C2CCCN2C(=O)/C=C/c2cc(C)ccc2OC)cc1. The molecule has 1 fully saturated rings. The summed E-state index contributed by atoms with van der Waals surface area (Å²) in [6.45, 7) is 2.81. The van der Waals surface area contributed by atoms with Crippen molar-refractivity contribution in [3.05, 3.63) is 65.2 Å². The van der Waals surface area contributed by atoms with Gasteiger partial charge in [0.05, 0.1) is 20.3 Å². The third-order valence-corrected chi connectivity index (χ3v) is 4.83. The van der Waals surface area contributed by atoms with Gasteiger partial charge in [0.2, 0.25) is 5.91 Å². The standard InChI is InChI=1S/C22H25NO3/c1-16-6-12-21(26-3)18(15-16)9-13-22(24)23-14-4-5-20(23)17-7-10-19(25-2)11-8-17/h6-13,15,20H,4-5,14H2,1-3H3/b13-9+. The van der Waals surface area contributed by atoms with Crippen LogP contribution in [0, 0.1) is 6.92 Å². The van der Waals surface area contributed by atoms with E-state index in [-0.39, 0.29) is 11.9 Å². The zero-order valence-corrected chi connectivity index (χ0v) is 15.6. The van der Waals surface area contributed by atoms with Gasteiger partial charge in [0, 0.05) is 18.2 Å². The lowest BCUT2D eigenvalue weighted by atomic mass is 10.0. The minimum Gasteiger partial charge on any atom is -0.497 e. The van der Waals surface area contributed by atoms with Crippen LogP contribution in [0.2, 0.25) is 0 Å². The molecule has 1 aliphatic rings. The maximum absolute atomic E-state index is 12.8. The van der Waals surface area contributed by atoms with Gasteiger partial charge in [-0.2, -0.15) is 0 Å². The molecule has 0 N–H and O–H groups in total. The molecular weight excluding hydrogens is 326 g/mol. The van der Waals surface area contributed by atoms with Crippen molar-refractivity contribution in [3.8, 4) is 11.5 Å². The fourth-order valence-electron chi connectivity index (χ4n) is 3.44. The van der Waals surface area contributed by atoms with Crippen LogP contribution in [0.25, 0.3) is 6.08 Å². The predicted molar refractivity (Wildman–Crippen MR) is 103 cm³/mol. The van der Waals surface area contributed by atoms with Crippen LogP contribution in [0.1, 0.15) is 35.6 Å². The highest BCUT2D eigenvalue weighted by molar-refractivity contribution is 5.92. The highest BCUT2D eigenvalue weighted by Gasteiger charge is 2.28. The van der Waals surface area contributed by atoms with E-state index in [0.717, 1.165) is 47.6 Å². The third-order valence-electron chi connectivity index (χ3n) is 4.83. The maximum Gasteiger partial charge on any atom is 0.247 e. The molecule has 0 saturated carbocycles. The fraction of sp³-hybridized carbons (Fsp3) is 0.318. The number of benzene rings is 2. The fourth-order valence-corrected chi connectivity index (χ4v) is 3.44. The Hall–Kier alpha value is -2.75. The molecular formula is C22H25NO3. The van der Waals surface area contributed by atoms with Gasteiger partial charge in [0.15, 0.2) is 0 Å². The second-order valence-corrected chi connectivity index (χ2v) is 6.54. The Bertz CT molecular complexity index is 796. The summed E-state index contributed by atoms with van der Waals surface area (Å²) >= 11 is 0. The van der Waals surface area contributed by atoms with E-state index in [1.807, 2.05) is 60.4 Å². The number of likely N-dealkylation sites (tertiary alicyclic amines) is 1. The molecule has 4 nitrogen and oxygen atoms in total. The third kappa shape index (κ3) is 3.90. The number of aryl methyl sites for hydroxylation is 1. The molecule has 1 heterocycles. The summed E-state index contributed by atoms with van der Waals surface area (Å²) in [7, 11) is 3.30. The molecule has 2 aromatic carbocycles. The number of rotatable bonds is 5. The summed E-state index contributed by atoms with van der Waals surface area (Å²) in [5.74, 6) is 1.63. The molecule has 1 amide bonds. The average Bonchev–Trinajstić information content (AvgIpc) is 3.16. The van der Waals surface area contributed by atoms with Gasteiger partial charge in [0.1, 0.15) is 11.5 Å². The summed E-state index contributed by atoms with van der Waals surface area (Å²) < 4.78 is 10.6. The second kappa shape index (κ2) is 8.09. The second-order valence-electron chi connectivity index (χ2n) is 6.54. The van der Waals surface area contributed by atoms with Crippen LogP contribution in [0.15, 0.2) is 48.5 Å². The normalized spacial score (nSPS) is 16.9. The van der Waals surface area contributed by atoms with E-state index < -0.39 is 0 Å². The van der Waals surface area contributed by atoms with E-state index in [0.29, 0.717) is 0 Å². The lowest BCUT2D eigenvalue weighted by Crippen LogP contribution is -2.28. The molecule has 0 bridgehead atoms. The molecule has 1 unspecified atom stereocenters. The lowest BCUT2D eigenvalue weighted by Gasteiger charge is -2.24. The topological polar surface area (TPSA) is 38.8 Å². The first-order valence-electron chi connectivity index (χ1n) is 8.89. The van der Waals surface area contributed by atoms with Crippen molar-refractivity contribution in [2.45, 2.75) is 25.8 Å².